The normalized spacial score (nSPS) is 21.6. The second-order valence-corrected chi connectivity index (χ2v) is 5.10. The summed E-state index contributed by atoms with van der Waals surface area (Å²) in [4.78, 5) is 24.2. The Balaban J connectivity index is 2.44. The van der Waals surface area contributed by atoms with Gasteiger partial charge >= 0.3 is 12.0 Å². The van der Waals surface area contributed by atoms with Crippen molar-refractivity contribution < 1.29 is 14.7 Å². The summed E-state index contributed by atoms with van der Waals surface area (Å²) < 4.78 is 0. The van der Waals surface area contributed by atoms with E-state index in [-0.39, 0.29) is 6.03 Å². The van der Waals surface area contributed by atoms with E-state index in [9.17, 15) is 9.59 Å². The van der Waals surface area contributed by atoms with Crippen molar-refractivity contribution in [1.82, 2.24) is 10.2 Å². The van der Waals surface area contributed by atoms with Gasteiger partial charge in [0, 0.05) is 13.1 Å². The molecule has 2 atom stereocenters. The number of urea groups is 1. The third-order valence-corrected chi connectivity index (χ3v) is 3.51. The summed E-state index contributed by atoms with van der Waals surface area (Å²) in [6.07, 6.45) is 1.33. The maximum absolute atomic E-state index is 11.8. The molecule has 5 nitrogen and oxygen atoms in total. The Morgan fingerprint density at radius 3 is 2.59 bits per heavy atom. The van der Waals surface area contributed by atoms with Gasteiger partial charge in [-0.15, -0.1) is 0 Å². The molecule has 1 saturated heterocycles. The van der Waals surface area contributed by atoms with E-state index in [0.717, 1.165) is 6.42 Å². The predicted octanol–water partition coefficient (Wildman–Crippen LogP) is 1.54. The first-order valence-corrected chi connectivity index (χ1v) is 6.20. The average molecular weight is 242 g/mol. The lowest BCUT2D eigenvalue weighted by atomic mass is 9.98. The van der Waals surface area contributed by atoms with Crippen LogP contribution in [-0.2, 0) is 4.79 Å². The molecule has 2 N–H and O–H groups in total. The molecule has 17 heavy (non-hydrogen) atoms. The van der Waals surface area contributed by atoms with Crippen molar-refractivity contribution >= 4 is 12.0 Å². The van der Waals surface area contributed by atoms with Crippen LogP contribution in [-0.4, -0.2) is 41.1 Å². The zero-order valence-corrected chi connectivity index (χ0v) is 10.8. The molecule has 0 aromatic heterocycles. The molecule has 1 heterocycles. The highest BCUT2D eigenvalue weighted by Gasteiger charge is 2.33. The minimum Gasteiger partial charge on any atom is -0.480 e. The van der Waals surface area contributed by atoms with Gasteiger partial charge in [-0.2, -0.15) is 0 Å². The molecule has 98 valence electrons. The van der Waals surface area contributed by atoms with Crippen molar-refractivity contribution in [3.8, 4) is 0 Å². The average Bonchev–Trinajstić information content (AvgIpc) is 2.73. The van der Waals surface area contributed by atoms with Crippen LogP contribution in [0.2, 0.25) is 0 Å². The van der Waals surface area contributed by atoms with Gasteiger partial charge in [-0.3, -0.25) is 0 Å². The summed E-state index contributed by atoms with van der Waals surface area (Å²) in [7, 11) is 0. The molecule has 0 aliphatic carbocycles. The summed E-state index contributed by atoms with van der Waals surface area (Å²) in [6, 6.07) is -0.897. The van der Waals surface area contributed by atoms with Crippen LogP contribution in [0, 0.1) is 11.8 Å². The number of carbonyl (C=O) groups excluding carboxylic acids is 1. The SMILES string of the molecule is CC(C)C(C)CNC(=O)N1CCC[C@H]1C(=O)O. The first kappa shape index (κ1) is 13.8. The molecule has 0 aromatic carbocycles. The van der Waals surface area contributed by atoms with Gasteiger partial charge in [-0.25, -0.2) is 9.59 Å². The largest absolute Gasteiger partial charge is 0.480 e. The number of nitrogens with one attached hydrogen (secondary N) is 1. The number of hydrogen-bond acceptors (Lipinski definition) is 2. The van der Waals surface area contributed by atoms with Gasteiger partial charge in [-0.05, 0) is 24.7 Å². The number of carbonyl (C=O) groups is 2. The van der Waals surface area contributed by atoms with E-state index in [4.69, 9.17) is 5.11 Å². The van der Waals surface area contributed by atoms with E-state index < -0.39 is 12.0 Å². The summed E-state index contributed by atoms with van der Waals surface area (Å²) in [6.45, 7) is 7.42. The number of aliphatic carboxylic acids is 1. The summed E-state index contributed by atoms with van der Waals surface area (Å²) in [5, 5.41) is 11.8. The topological polar surface area (TPSA) is 69.6 Å². The molecule has 1 rings (SSSR count). The maximum Gasteiger partial charge on any atom is 0.326 e. The lowest BCUT2D eigenvalue weighted by Gasteiger charge is -2.23. The van der Waals surface area contributed by atoms with Gasteiger partial charge in [0.1, 0.15) is 6.04 Å². The molecule has 0 bridgehead atoms. The zero-order valence-electron chi connectivity index (χ0n) is 10.8. The van der Waals surface area contributed by atoms with E-state index in [1.807, 2.05) is 0 Å². The highest BCUT2D eigenvalue weighted by Crippen LogP contribution is 2.17. The summed E-state index contributed by atoms with van der Waals surface area (Å²) in [5.41, 5.74) is 0. The molecule has 0 aromatic rings. The van der Waals surface area contributed by atoms with Crippen LogP contribution >= 0.6 is 0 Å². The quantitative estimate of drug-likeness (QED) is 0.785. The van der Waals surface area contributed by atoms with Crippen molar-refractivity contribution in [2.45, 2.75) is 39.7 Å². The molecule has 0 spiro atoms. The van der Waals surface area contributed by atoms with Crippen molar-refractivity contribution in [3.05, 3.63) is 0 Å². The fraction of sp³-hybridized carbons (Fsp3) is 0.833. The smallest absolute Gasteiger partial charge is 0.326 e. The van der Waals surface area contributed by atoms with Gasteiger partial charge < -0.3 is 15.3 Å². The third-order valence-electron chi connectivity index (χ3n) is 3.51. The van der Waals surface area contributed by atoms with Crippen LogP contribution in [0.25, 0.3) is 0 Å². The zero-order chi connectivity index (χ0) is 13.0. The summed E-state index contributed by atoms with van der Waals surface area (Å²) in [5.74, 6) is -0.0106. The number of carboxylic acid groups (broad SMARTS) is 1. The summed E-state index contributed by atoms with van der Waals surface area (Å²) >= 11 is 0. The van der Waals surface area contributed by atoms with Crippen LogP contribution in [0.3, 0.4) is 0 Å². The fourth-order valence-electron chi connectivity index (χ4n) is 1.85. The number of hydrogen-bond donors (Lipinski definition) is 2. The number of amides is 2. The third kappa shape index (κ3) is 3.61. The van der Waals surface area contributed by atoms with Gasteiger partial charge in [0.05, 0.1) is 0 Å². The molecular formula is C12H22N2O3. The Bertz CT molecular complexity index is 291. The van der Waals surface area contributed by atoms with E-state index in [1.165, 1.54) is 4.90 Å². The number of nitrogens with zero attached hydrogens (tertiary/aromatic N) is 1. The van der Waals surface area contributed by atoms with E-state index in [2.05, 4.69) is 26.1 Å². The molecule has 1 aliphatic rings. The maximum atomic E-state index is 11.8. The van der Waals surface area contributed by atoms with E-state index in [0.29, 0.717) is 31.3 Å². The van der Waals surface area contributed by atoms with Crippen LogP contribution in [0.4, 0.5) is 4.79 Å². The van der Waals surface area contributed by atoms with Gasteiger partial charge in [0.15, 0.2) is 0 Å². The predicted molar refractivity (Wildman–Crippen MR) is 64.8 cm³/mol. The lowest BCUT2D eigenvalue weighted by molar-refractivity contribution is -0.141. The minimum absolute atomic E-state index is 0.248. The number of rotatable bonds is 4. The van der Waals surface area contributed by atoms with Gasteiger partial charge in [0.25, 0.3) is 0 Å². The monoisotopic (exact) mass is 242 g/mol. The molecule has 1 fully saturated rings. The van der Waals surface area contributed by atoms with E-state index >= 15 is 0 Å². The minimum atomic E-state index is -0.908. The van der Waals surface area contributed by atoms with Gasteiger partial charge in [-0.1, -0.05) is 20.8 Å². The molecule has 0 radical (unpaired) electrons. The highest BCUT2D eigenvalue weighted by molar-refractivity contribution is 5.83. The first-order valence-electron chi connectivity index (χ1n) is 6.20. The van der Waals surface area contributed by atoms with E-state index in [1.54, 1.807) is 0 Å². The van der Waals surface area contributed by atoms with Crippen LogP contribution in [0.5, 0.6) is 0 Å². The van der Waals surface area contributed by atoms with Crippen molar-refractivity contribution in [2.75, 3.05) is 13.1 Å². The second-order valence-electron chi connectivity index (χ2n) is 5.10. The highest BCUT2D eigenvalue weighted by atomic mass is 16.4. The Morgan fingerprint density at radius 1 is 1.41 bits per heavy atom. The Kier molecular flexibility index (Phi) is 4.78. The Hall–Kier alpha value is -1.26. The fourth-order valence-corrected chi connectivity index (χ4v) is 1.85. The van der Waals surface area contributed by atoms with Crippen LogP contribution in [0.15, 0.2) is 0 Å². The second kappa shape index (κ2) is 5.89. The molecule has 1 aliphatic heterocycles. The number of likely N-dealkylation sites (tertiary alicyclic amines) is 1. The van der Waals surface area contributed by atoms with Crippen molar-refractivity contribution in [1.29, 1.82) is 0 Å². The Morgan fingerprint density at radius 2 is 2.06 bits per heavy atom. The van der Waals surface area contributed by atoms with Gasteiger partial charge in [0.2, 0.25) is 0 Å². The van der Waals surface area contributed by atoms with Crippen molar-refractivity contribution in [3.63, 3.8) is 0 Å². The van der Waals surface area contributed by atoms with Crippen molar-refractivity contribution in [2.24, 2.45) is 11.8 Å². The molecule has 2 amide bonds. The molecule has 1 unspecified atom stereocenters. The molecule has 5 heteroatoms. The van der Waals surface area contributed by atoms with Crippen LogP contribution < -0.4 is 5.32 Å². The van der Waals surface area contributed by atoms with Crippen LogP contribution in [0.1, 0.15) is 33.6 Å². The standard InChI is InChI=1S/C12H22N2O3/c1-8(2)9(3)7-13-12(17)14-6-4-5-10(14)11(15)16/h8-10H,4-7H2,1-3H3,(H,13,17)(H,15,16)/t9?,10-/m0/s1. The number of carboxylic acids is 1. The molecular weight excluding hydrogens is 220 g/mol. The first-order chi connectivity index (χ1) is 7.93. The lowest BCUT2D eigenvalue weighted by Crippen LogP contribution is -2.47. The Labute approximate surface area is 102 Å². The molecule has 0 saturated carbocycles.